The van der Waals surface area contributed by atoms with Crippen LogP contribution in [0.3, 0.4) is 0 Å². The summed E-state index contributed by atoms with van der Waals surface area (Å²) in [6.45, 7) is 6.04. The summed E-state index contributed by atoms with van der Waals surface area (Å²) >= 11 is 0. The highest BCUT2D eigenvalue weighted by Gasteiger charge is 2.14. The van der Waals surface area contributed by atoms with E-state index >= 15 is 0 Å². The standard InChI is InChI=1S/C14H19N3O3S/c1-10(2)12-4-6-13(7-5-12)21(18,19)15-9-8-14-17-16-11(3)20-14/h4-7,10,15H,8-9H2,1-3H3. The van der Waals surface area contributed by atoms with E-state index in [1.54, 1.807) is 19.1 Å². The zero-order valence-electron chi connectivity index (χ0n) is 12.3. The first kappa shape index (κ1) is 15.7. The fourth-order valence-electron chi connectivity index (χ4n) is 1.85. The highest BCUT2D eigenvalue weighted by molar-refractivity contribution is 7.89. The van der Waals surface area contributed by atoms with Gasteiger partial charge in [-0.2, -0.15) is 0 Å². The normalized spacial score (nSPS) is 12.0. The van der Waals surface area contributed by atoms with Crippen LogP contribution < -0.4 is 4.72 Å². The van der Waals surface area contributed by atoms with Crippen molar-refractivity contribution < 1.29 is 12.8 Å². The second kappa shape index (κ2) is 6.36. The summed E-state index contributed by atoms with van der Waals surface area (Å²) < 4.78 is 32.0. The Morgan fingerprint density at radius 2 is 1.86 bits per heavy atom. The van der Waals surface area contributed by atoms with Gasteiger partial charge in [0.2, 0.25) is 21.8 Å². The number of benzene rings is 1. The lowest BCUT2D eigenvalue weighted by atomic mass is 10.0. The molecular weight excluding hydrogens is 290 g/mol. The van der Waals surface area contributed by atoms with Gasteiger partial charge in [-0.05, 0) is 23.6 Å². The maximum absolute atomic E-state index is 12.1. The van der Waals surface area contributed by atoms with E-state index in [9.17, 15) is 8.42 Å². The molecule has 7 heteroatoms. The third-order valence-electron chi connectivity index (χ3n) is 3.06. The van der Waals surface area contributed by atoms with Crippen molar-refractivity contribution in [2.45, 2.75) is 38.0 Å². The topological polar surface area (TPSA) is 85.1 Å². The second-order valence-electron chi connectivity index (χ2n) is 5.09. The fourth-order valence-corrected chi connectivity index (χ4v) is 2.88. The predicted molar refractivity (Wildman–Crippen MR) is 78.5 cm³/mol. The van der Waals surface area contributed by atoms with Crippen molar-refractivity contribution in [1.29, 1.82) is 0 Å². The molecule has 0 bridgehead atoms. The van der Waals surface area contributed by atoms with Crippen LogP contribution in [0.4, 0.5) is 0 Å². The summed E-state index contributed by atoms with van der Waals surface area (Å²) in [7, 11) is -3.51. The van der Waals surface area contributed by atoms with Gasteiger partial charge in [-0.3, -0.25) is 0 Å². The molecule has 0 spiro atoms. The van der Waals surface area contributed by atoms with Crippen LogP contribution in [-0.4, -0.2) is 25.2 Å². The van der Waals surface area contributed by atoms with Crippen LogP contribution in [0.25, 0.3) is 0 Å². The fraction of sp³-hybridized carbons (Fsp3) is 0.429. The van der Waals surface area contributed by atoms with Gasteiger partial charge < -0.3 is 4.42 Å². The zero-order valence-corrected chi connectivity index (χ0v) is 13.1. The molecule has 0 radical (unpaired) electrons. The molecule has 0 saturated heterocycles. The van der Waals surface area contributed by atoms with E-state index < -0.39 is 10.0 Å². The number of aromatic nitrogens is 2. The number of aryl methyl sites for hydroxylation is 1. The van der Waals surface area contributed by atoms with Crippen molar-refractivity contribution in [3.8, 4) is 0 Å². The van der Waals surface area contributed by atoms with Gasteiger partial charge in [0.05, 0.1) is 4.90 Å². The van der Waals surface area contributed by atoms with Crippen LogP contribution in [0.15, 0.2) is 33.6 Å². The third-order valence-corrected chi connectivity index (χ3v) is 4.53. The van der Waals surface area contributed by atoms with E-state index in [0.717, 1.165) is 5.56 Å². The highest BCUT2D eigenvalue weighted by Crippen LogP contribution is 2.17. The summed E-state index contributed by atoms with van der Waals surface area (Å²) in [5.74, 6) is 1.26. The Labute approximate surface area is 124 Å². The van der Waals surface area contributed by atoms with Crippen LogP contribution in [-0.2, 0) is 16.4 Å². The molecule has 6 nitrogen and oxygen atoms in total. The maximum atomic E-state index is 12.1. The lowest BCUT2D eigenvalue weighted by molar-refractivity contribution is 0.466. The smallest absolute Gasteiger partial charge is 0.240 e. The van der Waals surface area contributed by atoms with E-state index in [4.69, 9.17) is 4.42 Å². The van der Waals surface area contributed by atoms with Gasteiger partial charge in [0.15, 0.2) is 0 Å². The van der Waals surface area contributed by atoms with Gasteiger partial charge in [-0.25, -0.2) is 13.1 Å². The lowest BCUT2D eigenvalue weighted by Crippen LogP contribution is -2.26. The summed E-state index contributed by atoms with van der Waals surface area (Å²) in [5.41, 5.74) is 1.11. The van der Waals surface area contributed by atoms with Crippen molar-refractivity contribution in [2.24, 2.45) is 0 Å². The van der Waals surface area contributed by atoms with Crippen molar-refractivity contribution in [2.75, 3.05) is 6.54 Å². The lowest BCUT2D eigenvalue weighted by Gasteiger charge is -2.08. The van der Waals surface area contributed by atoms with Gasteiger partial charge in [-0.15, -0.1) is 10.2 Å². The van der Waals surface area contributed by atoms with Crippen molar-refractivity contribution in [3.05, 3.63) is 41.6 Å². The quantitative estimate of drug-likeness (QED) is 0.882. The molecule has 21 heavy (non-hydrogen) atoms. The van der Waals surface area contributed by atoms with Crippen LogP contribution in [0.1, 0.15) is 37.1 Å². The molecule has 1 aromatic carbocycles. The minimum Gasteiger partial charge on any atom is -0.426 e. The van der Waals surface area contributed by atoms with Gasteiger partial charge in [-0.1, -0.05) is 26.0 Å². The average Bonchev–Trinajstić information content (AvgIpc) is 2.84. The molecule has 0 saturated carbocycles. The Morgan fingerprint density at radius 1 is 1.19 bits per heavy atom. The molecule has 0 aliphatic rings. The minimum atomic E-state index is -3.51. The number of sulfonamides is 1. The average molecular weight is 309 g/mol. The molecule has 0 aliphatic heterocycles. The molecule has 0 aliphatic carbocycles. The van der Waals surface area contributed by atoms with Crippen LogP contribution >= 0.6 is 0 Å². The van der Waals surface area contributed by atoms with Crippen LogP contribution in [0, 0.1) is 6.92 Å². The minimum absolute atomic E-state index is 0.218. The number of nitrogens with zero attached hydrogens (tertiary/aromatic N) is 2. The van der Waals surface area contributed by atoms with Gasteiger partial charge in [0, 0.05) is 19.9 Å². The van der Waals surface area contributed by atoms with Gasteiger partial charge in [0.1, 0.15) is 0 Å². The van der Waals surface area contributed by atoms with Crippen molar-refractivity contribution >= 4 is 10.0 Å². The SMILES string of the molecule is Cc1nnc(CCNS(=O)(=O)c2ccc(C(C)C)cc2)o1. The molecule has 1 heterocycles. The van der Waals surface area contributed by atoms with Crippen LogP contribution in [0.2, 0.25) is 0 Å². The van der Waals surface area contributed by atoms with Gasteiger partial charge >= 0.3 is 0 Å². The molecule has 2 aromatic rings. The summed E-state index contributed by atoms with van der Waals surface area (Å²) in [4.78, 5) is 0.258. The second-order valence-corrected chi connectivity index (χ2v) is 6.85. The number of hydrogen-bond donors (Lipinski definition) is 1. The molecule has 0 atom stereocenters. The molecule has 0 fully saturated rings. The Morgan fingerprint density at radius 3 is 2.38 bits per heavy atom. The molecule has 1 N–H and O–H groups in total. The monoisotopic (exact) mass is 309 g/mol. The zero-order chi connectivity index (χ0) is 15.5. The molecule has 0 unspecified atom stereocenters. The Bertz CT molecular complexity index is 691. The number of rotatable bonds is 6. The predicted octanol–water partition coefficient (Wildman–Crippen LogP) is 2.02. The summed E-state index contributed by atoms with van der Waals surface area (Å²) in [6.07, 6.45) is 0.365. The first-order chi connectivity index (χ1) is 9.88. The molecular formula is C14H19N3O3S. The molecule has 114 valence electrons. The first-order valence-corrected chi connectivity index (χ1v) is 8.25. The molecule has 0 amide bonds. The number of hydrogen-bond acceptors (Lipinski definition) is 5. The van der Waals surface area contributed by atoms with Crippen LogP contribution in [0.5, 0.6) is 0 Å². The Balaban J connectivity index is 1.97. The number of nitrogens with one attached hydrogen (secondary N) is 1. The molecule has 2 rings (SSSR count). The summed E-state index contributed by atoms with van der Waals surface area (Å²) in [5, 5.41) is 7.51. The maximum Gasteiger partial charge on any atom is 0.240 e. The van der Waals surface area contributed by atoms with E-state index in [0.29, 0.717) is 24.1 Å². The Kier molecular flexibility index (Phi) is 4.74. The van der Waals surface area contributed by atoms with Gasteiger partial charge in [0.25, 0.3) is 0 Å². The van der Waals surface area contributed by atoms with E-state index in [1.807, 2.05) is 12.1 Å². The summed E-state index contributed by atoms with van der Waals surface area (Å²) in [6, 6.07) is 6.91. The first-order valence-electron chi connectivity index (χ1n) is 6.77. The largest absolute Gasteiger partial charge is 0.426 e. The van der Waals surface area contributed by atoms with E-state index in [2.05, 4.69) is 28.8 Å². The van der Waals surface area contributed by atoms with Crippen molar-refractivity contribution in [3.63, 3.8) is 0 Å². The Hall–Kier alpha value is -1.73. The van der Waals surface area contributed by atoms with E-state index in [-0.39, 0.29) is 11.4 Å². The van der Waals surface area contributed by atoms with E-state index in [1.165, 1.54) is 0 Å². The van der Waals surface area contributed by atoms with Crippen molar-refractivity contribution in [1.82, 2.24) is 14.9 Å². The highest BCUT2D eigenvalue weighted by atomic mass is 32.2. The third kappa shape index (κ3) is 4.12. The molecule has 1 aromatic heterocycles.